The summed E-state index contributed by atoms with van der Waals surface area (Å²) in [6.07, 6.45) is -1.53. The number of phenolic OH excluding ortho intramolecular Hbond substituents is 2. The first-order valence-corrected chi connectivity index (χ1v) is 14.9. The second kappa shape index (κ2) is 13.4. The summed E-state index contributed by atoms with van der Waals surface area (Å²) in [5.41, 5.74) is 3.64. The fourth-order valence-corrected chi connectivity index (χ4v) is 4.81. The van der Waals surface area contributed by atoms with Crippen molar-refractivity contribution >= 4 is 29.3 Å². The largest absolute Gasteiger partial charge is 0.507 e. The maximum atomic E-state index is 12.8. The Labute approximate surface area is 269 Å². The molecule has 0 atom stereocenters. The molecule has 2 amide bonds. The SMILES string of the molecule is Cc1ccc(NC(=O)Oc2ccc(C(=O)c3ccccc3)c(O)c2)cc1NC(=O)OCc1cc(C(C)(C)C)c(O)c(C(C)(C)C)c1. The smallest absolute Gasteiger partial charge is 0.417 e. The first kappa shape index (κ1) is 33.6. The number of ether oxygens (including phenoxy) is 2. The molecule has 46 heavy (non-hydrogen) atoms. The van der Waals surface area contributed by atoms with Gasteiger partial charge in [-0.25, -0.2) is 9.59 Å². The quantitative estimate of drug-likeness (QED) is 0.151. The first-order valence-electron chi connectivity index (χ1n) is 14.9. The Morgan fingerprint density at radius 2 is 1.37 bits per heavy atom. The first-order chi connectivity index (χ1) is 21.5. The van der Waals surface area contributed by atoms with Crippen LogP contribution < -0.4 is 15.4 Å². The third-order valence-electron chi connectivity index (χ3n) is 7.34. The van der Waals surface area contributed by atoms with E-state index in [9.17, 15) is 24.6 Å². The van der Waals surface area contributed by atoms with Crippen LogP contribution in [0, 0.1) is 6.92 Å². The molecule has 0 aromatic heterocycles. The summed E-state index contributed by atoms with van der Waals surface area (Å²) in [5.74, 6) is -0.401. The normalized spacial score (nSPS) is 11.5. The lowest BCUT2D eigenvalue weighted by Crippen LogP contribution is -2.19. The number of hydrogen-bond acceptors (Lipinski definition) is 7. The van der Waals surface area contributed by atoms with Gasteiger partial charge in [-0.2, -0.15) is 0 Å². The molecular weight excluding hydrogens is 584 g/mol. The minimum atomic E-state index is -0.837. The second-order valence-corrected chi connectivity index (χ2v) is 13.2. The van der Waals surface area contributed by atoms with Crippen molar-refractivity contribution in [3.63, 3.8) is 0 Å². The molecular formula is C37H40N2O7. The van der Waals surface area contributed by atoms with Crippen LogP contribution in [0.3, 0.4) is 0 Å². The molecule has 0 aliphatic heterocycles. The summed E-state index contributed by atoms with van der Waals surface area (Å²) in [4.78, 5) is 38.1. The molecule has 240 valence electrons. The maximum Gasteiger partial charge on any atom is 0.417 e. The van der Waals surface area contributed by atoms with Crippen LogP contribution >= 0.6 is 0 Å². The van der Waals surface area contributed by atoms with E-state index < -0.39 is 12.2 Å². The van der Waals surface area contributed by atoms with Crippen LogP contribution in [0.5, 0.6) is 17.2 Å². The fraction of sp³-hybridized carbons (Fsp3) is 0.270. The van der Waals surface area contributed by atoms with Gasteiger partial charge >= 0.3 is 12.2 Å². The monoisotopic (exact) mass is 624 g/mol. The van der Waals surface area contributed by atoms with Gasteiger partial charge in [0.15, 0.2) is 5.78 Å². The number of amides is 2. The predicted octanol–water partition coefficient (Wildman–Crippen LogP) is 8.59. The van der Waals surface area contributed by atoms with Crippen LogP contribution in [-0.2, 0) is 22.2 Å². The van der Waals surface area contributed by atoms with Gasteiger partial charge in [-0.05, 0) is 76.4 Å². The van der Waals surface area contributed by atoms with E-state index in [2.05, 4.69) is 10.6 Å². The van der Waals surface area contributed by atoms with Crippen molar-refractivity contribution in [1.29, 1.82) is 0 Å². The van der Waals surface area contributed by atoms with Crippen LogP contribution in [0.15, 0.2) is 78.9 Å². The number of carbonyl (C=O) groups excluding carboxylic acids is 3. The van der Waals surface area contributed by atoms with Gasteiger partial charge < -0.3 is 19.7 Å². The average Bonchev–Trinajstić information content (AvgIpc) is 2.97. The Bertz CT molecular complexity index is 1730. The van der Waals surface area contributed by atoms with Crippen molar-refractivity contribution in [3.05, 3.63) is 112 Å². The molecule has 9 heteroatoms. The van der Waals surface area contributed by atoms with Crippen LogP contribution in [0.2, 0.25) is 0 Å². The fourth-order valence-electron chi connectivity index (χ4n) is 4.81. The minimum absolute atomic E-state index is 0.00975. The Hall–Kier alpha value is -5.31. The van der Waals surface area contributed by atoms with Gasteiger partial charge in [0.2, 0.25) is 0 Å². The Morgan fingerprint density at radius 1 is 0.739 bits per heavy atom. The molecule has 4 aromatic rings. The number of ketones is 1. The molecule has 0 aliphatic rings. The van der Waals surface area contributed by atoms with Gasteiger partial charge in [-0.3, -0.25) is 15.4 Å². The van der Waals surface area contributed by atoms with Gasteiger partial charge in [0.25, 0.3) is 0 Å². The lowest BCUT2D eigenvalue weighted by atomic mass is 9.78. The number of aryl methyl sites for hydroxylation is 1. The number of hydrogen-bond donors (Lipinski definition) is 4. The van der Waals surface area contributed by atoms with E-state index in [-0.39, 0.29) is 46.0 Å². The van der Waals surface area contributed by atoms with E-state index in [1.807, 2.05) is 53.7 Å². The van der Waals surface area contributed by atoms with E-state index in [4.69, 9.17) is 9.47 Å². The molecule has 0 saturated carbocycles. The predicted molar refractivity (Wildman–Crippen MR) is 178 cm³/mol. The maximum absolute atomic E-state index is 12.8. The van der Waals surface area contributed by atoms with Crippen LogP contribution in [0.25, 0.3) is 0 Å². The zero-order chi connectivity index (χ0) is 33.8. The van der Waals surface area contributed by atoms with Gasteiger partial charge in [0, 0.05) is 23.0 Å². The molecule has 4 aromatic carbocycles. The van der Waals surface area contributed by atoms with Crippen molar-refractivity contribution in [1.82, 2.24) is 0 Å². The number of benzene rings is 4. The number of nitrogens with one attached hydrogen (secondary N) is 2. The van der Waals surface area contributed by atoms with Crippen LogP contribution in [0.4, 0.5) is 21.0 Å². The zero-order valence-corrected chi connectivity index (χ0v) is 27.1. The molecule has 4 rings (SSSR count). The van der Waals surface area contributed by atoms with Crippen molar-refractivity contribution in [2.45, 2.75) is 65.9 Å². The minimum Gasteiger partial charge on any atom is -0.507 e. The molecule has 0 aliphatic carbocycles. The highest BCUT2D eigenvalue weighted by Crippen LogP contribution is 2.40. The zero-order valence-electron chi connectivity index (χ0n) is 27.1. The van der Waals surface area contributed by atoms with Gasteiger partial charge in [-0.15, -0.1) is 0 Å². The number of rotatable bonds is 7. The third-order valence-corrected chi connectivity index (χ3v) is 7.34. The second-order valence-electron chi connectivity index (χ2n) is 13.2. The number of anilines is 2. The molecule has 0 bridgehead atoms. The summed E-state index contributed by atoms with van der Waals surface area (Å²) < 4.78 is 10.8. The van der Waals surface area contributed by atoms with Crippen molar-refractivity contribution in [2.24, 2.45) is 0 Å². The molecule has 0 unspecified atom stereocenters. The van der Waals surface area contributed by atoms with E-state index in [1.54, 1.807) is 55.5 Å². The Kier molecular flexibility index (Phi) is 9.75. The van der Waals surface area contributed by atoms with Gasteiger partial charge in [0.1, 0.15) is 23.9 Å². The topological polar surface area (TPSA) is 134 Å². The highest BCUT2D eigenvalue weighted by molar-refractivity contribution is 6.10. The number of carbonyl (C=O) groups is 3. The summed E-state index contributed by atoms with van der Waals surface area (Å²) in [6.45, 7) is 13.9. The van der Waals surface area contributed by atoms with E-state index in [1.165, 1.54) is 18.2 Å². The van der Waals surface area contributed by atoms with E-state index in [0.717, 1.165) is 22.3 Å². The molecule has 0 saturated heterocycles. The van der Waals surface area contributed by atoms with Crippen LogP contribution in [0.1, 0.15) is 79.7 Å². The van der Waals surface area contributed by atoms with Crippen molar-refractivity contribution < 1.29 is 34.1 Å². The van der Waals surface area contributed by atoms with Gasteiger partial charge in [-0.1, -0.05) is 77.9 Å². The standard InChI is InChI=1S/C37H40N2O7/c1-22-13-14-25(38-35(44)46-26-15-16-27(31(40)20-26)32(41)24-11-9-8-10-12-24)19-30(22)39-34(43)45-21-23-17-28(36(2,3)4)33(42)29(18-23)37(5,6)7/h8-20,40,42H,21H2,1-7H3,(H,38,44)(H,39,43). The number of phenols is 2. The summed E-state index contributed by atoms with van der Waals surface area (Å²) in [6, 6.07) is 21.1. The molecule has 0 heterocycles. The Balaban J connectivity index is 1.40. The Morgan fingerprint density at radius 3 is 1.96 bits per heavy atom. The molecule has 4 N–H and O–H groups in total. The highest BCUT2D eigenvalue weighted by atomic mass is 16.6. The molecule has 0 radical (unpaired) electrons. The van der Waals surface area contributed by atoms with E-state index >= 15 is 0 Å². The van der Waals surface area contributed by atoms with Gasteiger partial charge in [0.05, 0.1) is 5.56 Å². The van der Waals surface area contributed by atoms with E-state index in [0.29, 0.717) is 16.9 Å². The average molecular weight is 625 g/mol. The lowest BCUT2D eigenvalue weighted by molar-refractivity contribution is 0.103. The molecule has 9 nitrogen and oxygen atoms in total. The lowest BCUT2D eigenvalue weighted by Gasteiger charge is -2.28. The molecule has 0 spiro atoms. The third kappa shape index (κ3) is 8.24. The van der Waals surface area contributed by atoms with Crippen molar-refractivity contribution in [2.75, 3.05) is 10.6 Å². The highest BCUT2D eigenvalue weighted by Gasteiger charge is 2.27. The summed E-state index contributed by atoms with van der Waals surface area (Å²) >= 11 is 0. The number of aromatic hydroxyl groups is 2. The summed E-state index contributed by atoms with van der Waals surface area (Å²) in [5, 5.41) is 26.7. The molecule has 0 fully saturated rings. The summed E-state index contributed by atoms with van der Waals surface area (Å²) in [7, 11) is 0. The van der Waals surface area contributed by atoms with Crippen LogP contribution in [-0.4, -0.2) is 28.2 Å². The van der Waals surface area contributed by atoms with Crippen molar-refractivity contribution in [3.8, 4) is 17.2 Å².